The molecule has 0 radical (unpaired) electrons. The van der Waals surface area contributed by atoms with Gasteiger partial charge in [0, 0.05) is 37.6 Å². The number of phenols is 2. The van der Waals surface area contributed by atoms with Crippen LogP contribution in [0.2, 0.25) is 0 Å². The number of carboxylic acid groups (broad SMARTS) is 2. The van der Waals surface area contributed by atoms with E-state index in [1.807, 2.05) is 0 Å². The Bertz CT molecular complexity index is 2230. The van der Waals surface area contributed by atoms with Crippen molar-refractivity contribution >= 4 is 70.7 Å². The molecule has 2 aromatic rings. The van der Waals surface area contributed by atoms with Gasteiger partial charge in [-0.1, -0.05) is 0 Å². The van der Waals surface area contributed by atoms with E-state index in [1.165, 1.54) is 53.7 Å². The zero-order chi connectivity index (χ0) is 53.3. The van der Waals surface area contributed by atoms with Crippen LogP contribution in [-0.4, -0.2) is 163 Å². The van der Waals surface area contributed by atoms with Crippen LogP contribution in [0, 0.1) is 0 Å². The van der Waals surface area contributed by atoms with Crippen molar-refractivity contribution in [3.8, 4) is 11.5 Å². The first-order valence-corrected chi connectivity index (χ1v) is 22.2. The Hall–Kier alpha value is -7.66. The third-order valence-electron chi connectivity index (χ3n) is 10.5. The lowest BCUT2D eigenvalue weighted by Crippen LogP contribution is -2.56. The Morgan fingerprint density at radius 1 is 0.514 bits per heavy atom. The highest BCUT2D eigenvalue weighted by Crippen LogP contribution is 2.42. The smallest absolute Gasteiger partial charge is 0.408 e. The molecule has 1 aliphatic carbocycles. The van der Waals surface area contributed by atoms with Crippen molar-refractivity contribution < 1.29 is 77.8 Å². The van der Waals surface area contributed by atoms with Crippen molar-refractivity contribution in [1.29, 1.82) is 0 Å². The maximum Gasteiger partial charge on any atom is 0.408 e. The zero-order valence-corrected chi connectivity index (χ0v) is 41.2. The number of benzene rings is 2. The van der Waals surface area contributed by atoms with Gasteiger partial charge in [-0.15, -0.1) is 0 Å². The summed E-state index contributed by atoms with van der Waals surface area (Å²) in [5.74, 6) is -9.11. The van der Waals surface area contributed by atoms with E-state index < -0.39 is 129 Å². The van der Waals surface area contributed by atoms with Crippen LogP contribution in [0.3, 0.4) is 0 Å². The number of ketones is 2. The van der Waals surface area contributed by atoms with Crippen LogP contribution in [-0.2, 0) is 38.2 Å². The number of nitrogens with one attached hydrogen (secondary N) is 6. The molecule has 70 heavy (non-hydrogen) atoms. The number of hydrogen-bond donors (Lipinski definition) is 10. The summed E-state index contributed by atoms with van der Waals surface area (Å²) in [6.07, 6.45) is -1.77. The highest BCUT2D eigenvalue weighted by molar-refractivity contribution is 6.33. The van der Waals surface area contributed by atoms with Gasteiger partial charge in [0.05, 0.1) is 22.3 Å². The van der Waals surface area contributed by atoms with Gasteiger partial charge in [-0.3, -0.25) is 28.8 Å². The number of aliphatic carboxylic acids is 2. The lowest BCUT2D eigenvalue weighted by Gasteiger charge is -2.31. The number of fused-ring (bicyclic) bond motifs is 2. The van der Waals surface area contributed by atoms with E-state index in [-0.39, 0.29) is 48.7 Å². The van der Waals surface area contributed by atoms with Gasteiger partial charge in [-0.05, 0) is 107 Å². The lowest BCUT2D eigenvalue weighted by molar-refractivity contribution is -0.150. The molecular formula is C46H64N8O16. The molecule has 384 valence electrons. The number of aromatic hydroxyl groups is 2. The maximum absolute atomic E-state index is 14.3. The third-order valence-corrected chi connectivity index (χ3v) is 10.5. The van der Waals surface area contributed by atoms with Crippen LogP contribution in [0.4, 0.5) is 21.0 Å². The first kappa shape index (κ1) is 56.7. The average molecular weight is 985 g/mol. The number of anilines is 2. The average Bonchev–Trinajstić information content (AvgIpc) is 3.24. The van der Waals surface area contributed by atoms with Crippen molar-refractivity contribution in [2.45, 2.75) is 131 Å². The summed E-state index contributed by atoms with van der Waals surface area (Å²) in [5, 5.41) is 56.8. The first-order chi connectivity index (χ1) is 32.3. The SMILES string of the molecule is C[C@H](NC(=O)OC(C)(C)C)C(=O)N[C@@H](C)C(=O)N(CCNc1ccc(NCCN(C(=O)[C@H](C)NC(=O)[C@H](C)NC(=O)OC(C)(C)C)[C@@H](C)C(=O)O)c2c1C(=O)c1c(O)ccc(O)c1C2=O)[C@@H](C)C(=O)O. The summed E-state index contributed by atoms with van der Waals surface area (Å²) in [6, 6.07) is -3.05. The first-order valence-electron chi connectivity index (χ1n) is 22.2. The molecular weight excluding hydrogens is 921 g/mol. The number of carboxylic acids is 2. The molecule has 0 heterocycles. The summed E-state index contributed by atoms with van der Waals surface area (Å²) in [4.78, 5) is 132. The van der Waals surface area contributed by atoms with Gasteiger partial charge in [0.1, 0.15) is 59.0 Å². The predicted molar refractivity (Wildman–Crippen MR) is 251 cm³/mol. The molecule has 24 heteroatoms. The van der Waals surface area contributed by atoms with Gasteiger partial charge in [0.2, 0.25) is 35.2 Å². The van der Waals surface area contributed by atoms with Gasteiger partial charge < -0.3 is 71.6 Å². The van der Waals surface area contributed by atoms with E-state index in [1.54, 1.807) is 41.5 Å². The second-order valence-electron chi connectivity index (χ2n) is 18.6. The van der Waals surface area contributed by atoms with Gasteiger partial charge in [0.25, 0.3) is 0 Å². The van der Waals surface area contributed by atoms with Crippen LogP contribution >= 0.6 is 0 Å². The summed E-state index contributed by atoms with van der Waals surface area (Å²) in [7, 11) is 0. The monoisotopic (exact) mass is 984 g/mol. The van der Waals surface area contributed by atoms with Crippen LogP contribution in [0.25, 0.3) is 0 Å². The minimum absolute atomic E-state index is 0.0256. The molecule has 3 rings (SSSR count). The van der Waals surface area contributed by atoms with Crippen molar-refractivity contribution in [1.82, 2.24) is 31.1 Å². The topological polar surface area (TPSA) is 349 Å². The van der Waals surface area contributed by atoms with E-state index in [9.17, 15) is 68.4 Å². The fourth-order valence-electron chi connectivity index (χ4n) is 6.93. The molecule has 0 unspecified atom stereocenters. The molecule has 24 nitrogen and oxygen atoms in total. The second kappa shape index (κ2) is 23.1. The van der Waals surface area contributed by atoms with E-state index in [2.05, 4.69) is 31.9 Å². The number of amides is 6. The number of hydrogen-bond acceptors (Lipinski definition) is 16. The Kier molecular flexibility index (Phi) is 18.7. The molecule has 0 spiro atoms. The van der Waals surface area contributed by atoms with Gasteiger partial charge >= 0.3 is 24.1 Å². The summed E-state index contributed by atoms with van der Waals surface area (Å²) < 4.78 is 10.3. The molecule has 6 atom stereocenters. The van der Waals surface area contributed by atoms with Crippen LogP contribution < -0.4 is 31.9 Å². The van der Waals surface area contributed by atoms with Crippen LogP contribution in [0.5, 0.6) is 11.5 Å². The summed E-state index contributed by atoms with van der Waals surface area (Å²) in [6.45, 7) is 16.3. The van der Waals surface area contributed by atoms with Crippen molar-refractivity contribution in [2.75, 3.05) is 36.8 Å². The summed E-state index contributed by atoms with van der Waals surface area (Å²) in [5.41, 5.74) is -3.42. The van der Waals surface area contributed by atoms with Crippen molar-refractivity contribution in [3.05, 3.63) is 46.5 Å². The molecule has 2 aromatic carbocycles. The van der Waals surface area contributed by atoms with Gasteiger partial charge in [-0.25, -0.2) is 19.2 Å². The molecule has 0 aromatic heterocycles. The highest BCUT2D eigenvalue weighted by Gasteiger charge is 2.39. The van der Waals surface area contributed by atoms with E-state index in [0.29, 0.717) is 0 Å². The molecule has 0 aliphatic heterocycles. The molecule has 6 amide bonds. The predicted octanol–water partition coefficient (Wildman–Crippen LogP) is 2.14. The lowest BCUT2D eigenvalue weighted by atomic mass is 9.81. The minimum atomic E-state index is -1.44. The van der Waals surface area contributed by atoms with Crippen LogP contribution in [0.15, 0.2) is 24.3 Å². The van der Waals surface area contributed by atoms with Gasteiger partial charge in [-0.2, -0.15) is 0 Å². The molecule has 0 fully saturated rings. The number of alkyl carbamates (subject to hydrolysis) is 2. The number of rotatable bonds is 20. The third kappa shape index (κ3) is 14.7. The Labute approximate surface area is 404 Å². The van der Waals surface area contributed by atoms with Crippen molar-refractivity contribution in [3.63, 3.8) is 0 Å². The van der Waals surface area contributed by atoms with Crippen LogP contribution in [0.1, 0.15) is 115 Å². The fourth-order valence-corrected chi connectivity index (χ4v) is 6.93. The molecule has 0 saturated heterocycles. The molecule has 10 N–H and O–H groups in total. The number of phenolic OH excluding ortho intramolecular Hbond substituents is 2. The standard InChI is InChI=1S/C46H64N8O16/c1-21(51-43(67)69-45(7,8)9)37(59)49-23(3)39(61)53(25(5)41(63)64)19-17-47-27-13-14-28(32-31(27)35(57)33-29(55)15-16-30(56)34(33)36(32)58)48-18-20-54(26(6)42(65)66)40(62)24(4)50-38(60)22(2)52-44(68)70-46(10,11)12/h13-16,21-26,47-48,55-56H,17-20H2,1-12H3,(H,49,59)(H,50,60)(H,51,67)(H,52,68)(H,63,64)(H,65,66)/t21-,22-,23-,24-,25-,26-/m0/s1. The Morgan fingerprint density at radius 3 is 1.11 bits per heavy atom. The van der Waals surface area contributed by atoms with E-state index in [0.717, 1.165) is 21.9 Å². The number of ether oxygens (including phenoxy) is 2. The fraction of sp³-hybridized carbons (Fsp3) is 0.522. The largest absolute Gasteiger partial charge is 0.507 e. The number of carbonyl (C=O) groups excluding carboxylic acids is 8. The molecule has 0 saturated carbocycles. The Morgan fingerprint density at radius 2 is 0.829 bits per heavy atom. The maximum atomic E-state index is 14.3. The van der Waals surface area contributed by atoms with Crippen molar-refractivity contribution in [2.24, 2.45) is 0 Å². The second-order valence-corrected chi connectivity index (χ2v) is 18.6. The number of carbonyl (C=O) groups is 10. The minimum Gasteiger partial charge on any atom is -0.507 e. The quantitative estimate of drug-likeness (QED) is 0.0725. The van der Waals surface area contributed by atoms with Gasteiger partial charge in [0.15, 0.2) is 0 Å². The highest BCUT2D eigenvalue weighted by atomic mass is 16.6. The van der Waals surface area contributed by atoms with E-state index >= 15 is 0 Å². The van der Waals surface area contributed by atoms with E-state index in [4.69, 9.17) is 9.47 Å². The Balaban J connectivity index is 1.90. The molecule has 0 bridgehead atoms. The number of nitrogens with zero attached hydrogens (tertiary/aromatic N) is 2. The zero-order valence-electron chi connectivity index (χ0n) is 41.2. The normalized spacial score (nSPS) is 14.6. The molecule has 1 aliphatic rings. The summed E-state index contributed by atoms with van der Waals surface area (Å²) >= 11 is 0.